The molecule has 1 fully saturated rings. The molecule has 0 aliphatic heterocycles. The maximum absolute atomic E-state index is 9.87. The summed E-state index contributed by atoms with van der Waals surface area (Å²) >= 11 is 0. The molecule has 2 heteroatoms. The third kappa shape index (κ3) is 2.56. The minimum absolute atomic E-state index is 0.0125. The van der Waals surface area contributed by atoms with Crippen LogP contribution in [-0.2, 0) is 6.42 Å². The Balaban J connectivity index is 2.07. The van der Waals surface area contributed by atoms with Crippen molar-refractivity contribution >= 4 is 0 Å². The first-order valence-corrected chi connectivity index (χ1v) is 6.24. The van der Waals surface area contributed by atoms with Crippen molar-refractivity contribution in [3.8, 4) is 5.75 Å². The Kier molecular flexibility index (Phi) is 3.83. The van der Waals surface area contributed by atoms with E-state index in [0.29, 0.717) is 0 Å². The van der Waals surface area contributed by atoms with Crippen LogP contribution in [0.3, 0.4) is 0 Å². The minimum atomic E-state index is -0.293. The van der Waals surface area contributed by atoms with Gasteiger partial charge in [0, 0.05) is 0 Å². The zero-order chi connectivity index (χ0) is 11.4. The van der Waals surface area contributed by atoms with Crippen molar-refractivity contribution in [3.63, 3.8) is 0 Å². The molecule has 0 saturated heterocycles. The number of benzene rings is 1. The number of hydrogen-bond acceptors (Lipinski definition) is 2. The summed E-state index contributed by atoms with van der Waals surface area (Å²) < 4.78 is 5.94. The van der Waals surface area contributed by atoms with Crippen LogP contribution in [0.15, 0.2) is 24.3 Å². The molecule has 1 aliphatic carbocycles. The van der Waals surface area contributed by atoms with E-state index in [0.717, 1.165) is 37.9 Å². The molecule has 0 bridgehead atoms. The van der Waals surface area contributed by atoms with Crippen molar-refractivity contribution < 1.29 is 9.84 Å². The molecule has 2 rings (SSSR count). The summed E-state index contributed by atoms with van der Waals surface area (Å²) in [6, 6.07) is 8.11. The van der Waals surface area contributed by atoms with Gasteiger partial charge in [-0.05, 0) is 37.3 Å². The summed E-state index contributed by atoms with van der Waals surface area (Å²) in [6.07, 6.45) is 4.80. The van der Waals surface area contributed by atoms with E-state index >= 15 is 0 Å². The van der Waals surface area contributed by atoms with Gasteiger partial charge < -0.3 is 9.84 Å². The molecule has 0 radical (unpaired) electrons. The highest BCUT2D eigenvalue weighted by Crippen LogP contribution is 2.26. The average Bonchev–Trinajstić information content (AvgIpc) is 2.33. The number of rotatable bonds is 3. The first kappa shape index (κ1) is 11.5. The zero-order valence-corrected chi connectivity index (χ0v) is 9.86. The van der Waals surface area contributed by atoms with Gasteiger partial charge in [-0.2, -0.15) is 0 Å². The molecule has 1 aromatic rings. The summed E-state index contributed by atoms with van der Waals surface area (Å²) in [5.41, 5.74) is 1.22. The van der Waals surface area contributed by atoms with Crippen molar-refractivity contribution in [1.29, 1.82) is 0 Å². The molecule has 0 amide bonds. The Morgan fingerprint density at radius 3 is 2.75 bits per heavy atom. The van der Waals surface area contributed by atoms with E-state index in [4.69, 9.17) is 4.74 Å². The molecule has 1 aliphatic rings. The number of ether oxygens (including phenoxy) is 1. The first-order valence-electron chi connectivity index (χ1n) is 6.24. The van der Waals surface area contributed by atoms with Crippen LogP contribution in [0.2, 0.25) is 0 Å². The van der Waals surface area contributed by atoms with Gasteiger partial charge in [0.2, 0.25) is 0 Å². The largest absolute Gasteiger partial charge is 0.487 e. The molecule has 0 unspecified atom stereocenters. The second-order valence-corrected chi connectivity index (χ2v) is 4.47. The third-order valence-corrected chi connectivity index (χ3v) is 3.30. The van der Waals surface area contributed by atoms with E-state index in [1.807, 2.05) is 18.2 Å². The van der Waals surface area contributed by atoms with Crippen LogP contribution in [0.5, 0.6) is 5.75 Å². The molecule has 16 heavy (non-hydrogen) atoms. The Morgan fingerprint density at radius 2 is 2.00 bits per heavy atom. The molecular formula is C14H20O2. The third-order valence-electron chi connectivity index (χ3n) is 3.30. The fourth-order valence-electron chi connectivity index (χ4n) is 2.29. The highest BCUT2D eigenvalue weighted by Gasteiger charge is 2.24. The van der Waals surface area contributed by atoms with Crippen LogP contribution in [0, 0.1) is 0 Å². The van der Waals surface area contributed by atoms with Gasteiger partial charge in [-0.25, -0.2) is 0 Å². The van der Waals surface area contributed by atoms with Crippen molar-refractivity contribution in [2.45, 2.75) is 51.2 Å². The second-order valence-electron chi connectivity index (χ2n) is 4.47. The highest BCUT2D eigenvalue weighted by atomic mass is 16.5. The molecule has 0 heterocycles. The molecule has 0 aromatic heterocycles. The fourth-order valence-corrected chi connectivity index (χ4v) is 2.29. The van der Waals surface area contributed by atoms with Crippen LogP contribution >= 0.6 is 0 Å². The molecule has 1 N–H and O–H groups in total. The average molecular weight is 220 g/mol. The Bertz CT molecular complexity index is 335. The van der Waals surface area contributed by atoms with Crippen LogP contribution in [0.1, 0.15) is 38.2 Å². The van der Waals surface area contributed by atoms with Gasteiger partial charge in [0.25, 0.3) is 0 Å². The number of aliphatic hydroxyl groups is 1. The van der Waals surface area contributed by atoms with Gasteiger partial charge in [0.1, 0.15) is 11.9 Å². The fraction of sp³-hybridized carbons (Fsp3) is 0.571. The van der Waals surface area contributed by atoms with E-state index in [2.05, 4.69) is 13.0 Å². The molecule has 0 spiro atoms. The predicted octanol–water partition coefficient (Wildman–Crippen LogP) is 2.93. The lowest BCUT2D eigenvalue weighted by Crippen LogP contribution is -2.34. The van der Waals surface area contributed by atoms with Gasteiger partial charge in [0.05, 0.1) is 6.10 Å². The summed E-state index contributed by atoms with van der Waals surface area (Å²) in [7, 11) is 0. The summed E-state index contributed by atoms with van der Waals surface area (Å²) in [5, 5.41) is 9.87. The van der Waals surface area contributed by atoms with Crippen LogP contribution in [0.4, 0.5) is 0 Å². The van der Waals surface area contributed by atoms with E-state index in [9.17, 15) is 5.11 Å². The SMILES string of the molecule is CCc1ccccc1O[C@H]1CCCC[C@@H]1O. The second kappa shape index (κ2) is 5.35. The summed E-state index contributed by atoms with van der Waals surface area (Å²) in [5.74, 6) is 0.941. The molecule has 1 saturated carbocycles. The zero-order valence-electron chi connectivity index (χ0n) is 9.86. The van der Waals surface area contributed by atoms with Gasteiger partial charge in [-0.3, -0.25) is 0 Å². The van der Waals surface area contributed by atoms with Crippen LogP contribution in [-0.4, -0.2) is 17.3 Å². The van der Waals surface area contributed by atoms with Gasteiger partial charge in [-0.15, -0.1) is 0 Å². The number of hydrogen-bond donors (Lipinski definition) is 1. The molecular weight excluding hydrogens is 200 g/mol. The van der Waals surface area contributed by atoms with Crippen molar-refractivity contribution in [3.05, 3.63) is 29.8 Å². The van der Waals surface area contributed by atoms with Crippen LogP contribution in [0.25, 0.3) is 0 Å². The Labute approximate surface area is 97.3 Å². The topological polar surface area (TPSA) is 29.5 Å². The summed E-state index contributed by atoms with van der Waals surface area (Å²) in [4.78, 5) is 0. The smallest absolute Gasteiger partial charge is 0.124 e. The predicted molar refractivity (Wildman–Crippen MR) is 64.7 cm³/mol. The monoisotopic (exact) mass is 220 g/mol. The van der Waals surface area contributed by atoms with E-state index < -0.39 is 0 Å². The Hall–Kier alpha value is -1.02. The van der Waals surface area contributed by atoms with Crippen molar-refractivity contribution in [1.82, 2.24) is 0 Å². The van der Waals surface area contributed by atoms with Gasteiger partial charge in [0.15, 0.2) is 0 Å². The first-order chi connectivity index (χ1) is 7.81. The standard InChI is InChI=1S/C14H20O2/c1-2-11-7-3-5-9-13(11)16-14-10-6-4-8-12(14)15/h3,5,7,9,12,14-15H,2,4,6,8,10H2,1H3/t12-,14-/m0/s1. The van der Waals surface area contributed by atoms with Crippen molar-refractivity contribution in [2.24, 2.45) is 0 Å². The van der Waals surface area contributed by atoms with E-state index in [-0.39, 0.29) is 12.2 Å². The normalized spacial score (nSPS) is 25.4. The number of aliphatic hydroxyl groups excluding tert-OH is 1. The number of para-hydroxylation sites is 1. The summed E-state index contributed by atoms with van der Waals surface area (Å²) in [6.45, 7) is 2.12. The lowest BCUT2D eigenvalue weighted by atomic mass is 9.94. The van der Waals surface area contributed by atoms with Crippen molar-refractivity contribution in [2.75, 3.05) is 0 Å². The quantitative estimate of drug-likeness (QED) is 0.848. The van der Waals surface area contributed by atoms with Gasteiger partial charge >= 0.3 is 0 Å². The molecule has 2 nitrogen and oxygen atoms in total. The molecule has 1 aromatic carbocycles. The molecule has 88 valence electrons. The maximum Gasteiger partial charge on any atom is 0.124 e. The minimum Gasteiger partial charge on any atom is -0.487 e. The lowest BCUT2D eigenvalue weighted by Gasteiger charge is -2.28. The maximum atomic E-state index is 9.87. The van der Waals surface area contributed by atoms with Gasteiger partial charge in [-0.1, -0.05) is 31.5 Å². The highest BCUT2D eigenvalue weighted by molar-refractivity contribution is 5.33. The van der Waals surface area contributed by atoms with E-state index in [1.165, 1.54) is 5.56 Å². The number of aryl methyl sites for hydroxylation is 1. The lowest BCUT2D eigenvalue weighted by molar-refractivity contribution is 0.00643. The molecule has 2 atom stereocenters. The Morgan fingerprint density at radius 1 is 1.25 bits per heavy atom. The van der Waals surface area contributed by atoms with Crippen LogP contribution < -0.4 is 4.74 Å². The van der Waals surface area contributed by atoms with E-state index in [1.54, 1.807) is 0 Å².